The number of fused-ring (bicyclic) bond motifs is 1. The summed E-state index contributed by atoms with van der Waals surface area (Å²) < 4.78 is 28.7. The molecular formula is C26H19F2N5OS. The number of carbonyl (C=O) groups is 1. The minimum absolute atomic E-state index is 0.0187. The molecule has 2 heterocycles. The van der Waals surface area contributed by atoms with E-state index in [1.165, 1.54) is 17.8 Å². The number of pyridine rings is 1. The number of nitrogens with one attached hydrogen (secondary N) is 1. The van der Waals surface area contributed by atoms with Crippen molar-refractivity contribution in [2.75, 3.05) is 11.1 Å². The zero-order valence-corrected chi connectivity index (χ0v) is 19.4. The van der Waals surface area contributed by atoms with Crippen LogP contribution in [0.1, 0.15) is 0 Å². The highest BCUT2D eigenvalue weighted by Crippen LogP contribution is 2.32. The molecule has 0 fully saturated rings. The van der Waals surface area contributed by atoms with Gasteiger partial charge in [-0.25, -0.2) is 13.8 Å². The van der Waals surface area contributed by atoms with Crippen LogP contribution in [0.5, 0.6) is 0 Å². The van der Waals surface area contributed by atoms with Crippen molar-refractivity contribution < 1.29 is 13.6 Å². The third kappa shape index (κ3) is 4.76. The Labute approximate surface area is 204 Å². The van der Waals surface area contributed by atoms with Gasteiger partial charge in [0.25, 0.3) is 0 Å². The summed E-state index contributed by atoms with van der Waals surface area (Å²) in [7, 11) is 1.83. The minimum atomic E-state index is -0.830. The Morgan fingerprint density at radius 1 is 0.971 bits per heavy atom. The first-order valence-corrected chi connectivity index (χ1v) is 11.7. The maximum Gasteiger partial charge on any atom is 0.234 e. The molecule has 0 bridgehead atoms. The number of hydrogen-bond donors (Lipinski definition) is 1. The van der Waals surface area contributed by atoms with Gasteiger partial charge in [-0.05, 0) is 24.3 Å². The SMILES string of the molecule is Cn1c(SCC(=O)Nc2ccc(F)cc2F)nnc1-c1cc(-c2ccccc2)nc2ccccc12. The number of benzene rings is 3. The van der Waals surface area contributed by atoms with E-state index in [-0.39, 0.29) is 11.4 Å². The molecule has 0 saturated heterocycles. The first kappa shape index (κ1) is 22.7. The van der Waals surface area contributed by atoms with E-state index in [2.05, 4.69) is 15.5 Å². The van der Waals surface area contributed by atoms with E-state index < -0.39 is 17.5 Å². The molecule has 3 aromatic carbocycles. The first-order chi connectivity index (χ1) is 17.0. The van der Waals surface area contributed by atoms with Crippen LogP contribution < -0.4 is 5.32 Å². The van der Waals surface area contributed by atoms with E-state index in [4.69, 9.17) is 4.98 Å². The molecule has 0 aliphatic heterocycles. The van der Waals surface area contributed by atoms with Crippen molar-refractivity contribution in [1.29, 1.82) is 0 Å². The van der Waals surface area contributed by atoms with Gasteiger partial charge in [-0.1, -0.05) is 60.3 Å². The van der Waals surface area contributed by atoms with Gasteiger partial charge in [-0.15, -0.1) is 10.2 Å². The van der Waals surface area contributed by atoms with Crippen LogP contribution in [0.3, 0.4) is 0 Å². The second-order valence-electron chi connectivity index (χ2n) is 7.76. The quantitative estimate of drug-likeness (QED) is 0.311. The fraction of sp³-hybridized carbons (Fsp3) is 0.0769. The lowest BCUT2D eigenvalue weighted by Gasteiger charge is -2.10. The third-order valence-corrected chi connectivity index (χ3v) is 6.42. The summed E-state index contributed by atoms with van der Waals surface area (Å²) in [6.45, 7) is 0. The maximum absolute atomic E-state index is 13.8. The van der Waals surface area contributed by atoms with Crippen LogP contribution in [0.15, 0.2) is 84.0 Å². The zero-order chi connectivity index (χ0) is 24.4. The van der Waals surface area contributed by atoms with Crippen LogP contribution in [0, 0.1) is 11.6 Å². The molecule has 5 rings (SSSR count). The van der Waals surface area contributed by atoms with Gasteiger partial charge >= 0.3 is 0 Å². The number of nitrogens with zero attached hydrogens (tertiary/aromatic N) is 4. The van der Waals surface area contributed by atoms with Gasteiger partial charge in [0.05, 0.1) is 22.7 Å². The number of anilines is 1. The van der Waals surface area contributed by atoms with E-state index in [0.29, 0.717) is 11.0 Å². The average Bonchev–Trinajstić information content (AvgIpc) is 3.24. The Morgan fingerprint density at radius 3 is 2.54 bits per heavy atom. The van der Waals surface area contributed by atoms with E-state index in [1.54, 1.807) is 0 Å². The Balaban J connectivity index is 1.41. The highest BCUT2D eigenvalue weighted by atomic mass is 32.2. The summed E-state index contributed by atoms with van der Waals surface area (Å²) in [5, 5.41) is 12.6. The molecule has 9 heteroatoms. The van der Waals surface area contributed by atoms with Crippen molar-refractivity contribution >= 4 is 34.3 Å². The number of halogens is 2. The molecule has 0 aliphatic carbocycles. The number of amides is 1. The van der Waals surface area contributed by atoms with Crippen molar-refractivity contribution in [2.24, 2.45) is 7.05 Å². The number of aromatic nitrogens is 4. The topological polar surface area (TPSA) is 72.7 Å². The van der Waals surface area contributed by atoms with Crippen LogP contribution in [-0.2, 0) is 11.8 Å². The number of para-hydroxylation sites is 1. The molecule has 5 aromatic rings. The predicted molar refractivity (Wildman–Crippen MR) is 133 cm³/mol. The minimum Gasteiger partial charge on any atom is -0.323 e. The van der Waals surface area contributed by atoms with E-state index >= 15 is 0 Å². The van der Waals surface area contributed by atoms with E-state index in [0.717, 1.165) is 39.9 Å². The fourth-order valence-corrected chi connectivity index (χ4v) is 4.41. The number of hydrogen-bond acceptors (Lipinski definition) is 5. The van der Waals surface area contributed by atoms with Crippen LogP contribution >= 0.6 is 11.8 Å². The lowest BCUT2D eigenvalue weighted by molar-refractivity contribution is -0.113. The van der Waals surface area contributed by atoms with Gasteiger partial charge in [0.2, 0.25) is 5.91 Å². The lowest BCUT2D eigenvalue weighted by atomic mass is 10.0. The number of carbonyl (C=O) groups excluding carboxylic acids is 1. The summed E-state index contributed by atoms with van der Waals surface area (Å²) in [6.07, 6.45) is 0. The molecule has 2 aromatic heterocycles. The number of thioether (sulfide) groups is 1. The molecule has 0 atom stereocenters. The Bertz CT molecular complexity index is 1540. The smallest absolute Gasteiger partial charge is 0.234 e. The molecule has 1 amide bonds. The van der Waals surface area contributed by atoms with Crippen molar-refractivity contribution in [2.45, 2.75) is 5.16 Å². The summed E-state index contributed by atoms with van der Waals surface area (Å²) in [5.41, 5.74) is 3.43. The van der Waals surface area contributed by atoms with Crippen molar-refractivity contribution in [3.8, 4) is 22.6 Å². The van der Waals surface area contributed by atoms with Crippen LogP contribution in [0.2, 0.25) is 0 Å². The van der Waals surface area contributed by atoms with Crippen LogP contribution in [0.25, 0.3) is 33.5 Å². The van der Waals surface area contributed by atoms with Gasteiger partial charge in [-0.3, -0.25) is 4.79 Å². The molecule has 0 radical (unpaired) electrons. The standard InChI is InChI=1S/C26H19F2N5OS/c1-33-25(31-32-26(33)35-15-24(34)30-22-12-11-17(27)13-20(22)28)19-14-23(16-7-3-2-4-8-16)29-21-10-6-5-9-18(19)21/h2-14H,15H2,1H3,(H,30,34). The molecule has 0 spiro atoms. The van der Waals surface area contributed by atoms with Crippen LogP contribution in [-0.4, -0.2) is 31.4 Å². The zero-order valence-electron chi connectivity index (χ0n) is 18.6. The third-order valence-electron chi connectivity index (χ3n) is 5.40. The lowest BCUT2D eigenvalue weighted by Crippen LogP contribution is -2.15. The normalized spacial score (nSPS) is 11.1. The highest BCUT2D eigenvalue weighted by Gasteiger charge is 2.17. The van der Waals surface area contributed by atoms with Crippen LogP contribution in [0.4, 0.5) is 14.5 Å². The van der Waals surface area contributed by atoms with Crippen molar-refractivity contribution in [1.82, 2.24) is 19.7 Å². The maximum atomic E-state index is 13.8. The summed E-state index contributed by atoms with van der Waals surface area (Å²) in [6, 6.07) is 22.7. The van der Waals surface area contributed by atoms with Gasteiger partial charge in [0.15, 0.2) is 11.0 Å². The highest BCUT2D eigenvalue weighted by molar-refractivity contribution is 7.99. The molecule has 0 aliphatic rings. The Kier molecular flexibility index (Phi) is 6.24. The second-order valence-corrected chi connectivity index (χ2v) is 8.71. The van der Waals surface area contributed by atoms with E-state index in [9.17, 15) is 13.6 Å². The summed E-state index contributed by atoms with van der Waals surface area (Å²) >= 11 is 1.17. The predicted octanol–water partition coefficient (Wildman–Crippen LogP) is 5.71. The molecule has 174 valence electrons. The van der Waals surface area contributed by atoms with Gasteiger partial charge < -0.3 is 9.88 Å². The van der Waals surface area contributed by atoms with Gasteiger partial charge in [0.1, 0.15) is 11.6 Å². The van der Waals surface area contributed by atoms with Gasteiger partial charge in [-0.2, -0.15) is 0 Å². The van der Waals surface area contributed by atoms with Crippen molar-refractivity contribution in [3.05, 3.63) is 90.5 Å². The second kappa shape index (κ2) is 9.63. The summed E-state index contributed by atoms with van der Waals surface area (Å²) in [5.74, 6) is -1.36. The fourth-order valence-electron chi connectivity index (χ4n) is 3.70. The molecule has 0 saturated carbocycles. The summed E-state index contributed by atoms with van der Waals surface area (Å²) in [4.78, 5) is 17.1. The molecule has 1 N–H and O–H groups in total. The van der Waals surface area contributed by atoms with E-state index in [1.807, 2.05) is 72.3 Å². The average molecular weight is 488 g/mol. The Morgan fingerprint density at radius 2 is 1.74 bits per heavy atom. The molecule has 6 nitrogen and oxygen atoms in total. The number of rotatable bonds is 6. The van der Waals surface area contributed by atoms with Gasteiger partial charge in [0, 0.05) is 29.6 Å². The molecule has 35 heavy (non-hydrogen) atoms. The first-order valence-electron chi connectivity index (χ1n) is 10.7. The molecular weight excluding hydrogens is 468 g/mol. The Hall–Kier alpha value is -4.11. The monoisotopic (exact) mass is 487 g/mol. The largest absolute Gasteiger partial charge is 0.323 e. The molecule has 0 unspecified atom stereocenters. The van der Waals surface area contributed by atoms with Crippen molar-refractivity contribution in [3.63, 3.8) is 0 Å².